The summed E-state index contributed by atoms with van der Waals surface area (Å²) in [5.41, 5.74) is 0. The predicted octanol–water partition coefficient (Wildman–Crippen LogP) is 1.21. The molecule has 0 spiro atoms. The van der Waals surface area contributed by atoms with Gasteiger partial charge in [-0.05, 0) is 37.4 Å². The largest absolute Gasteiger partial charge is 0.317 e. The summed E-state index contributed by atoms with van der Waals surface area (Å²) in [5.74, 6) is 0.199. The van der Waals surface area contributed by atoms with Crippen molar-refractivity contribution in [3.05, 3.63) is 22.4 Å². The molecule has 1 aromatic rings. The average molecular weight is 276 g/mol. The Labute approximate surface area is 107 Å². The third-order valence-electron chi connectivity index (χ3n) is 2.29. The minimum absolute atomic E-state index is 0.199. The molecule has 0 aliphatic heterocycles. The molecule has 0 fully saturated rings. The van der Waals surface area contributed by atoms with E-state index in [0.29, 0.717) is 13.0 Å². The summed E-state index contributed by atoms with van der Waals surface area (Å²) in [6, 6.07) is 4.00. The van der Waals surface area contributed by atoms with Crippen LogP contribution < -0.4 is 10.0 Å². The molecule has 0 aliphatic rings. The highest BCUT2D eigenvalue weighted by atomic mass is 32.2. The van der Waals surface area contributed by atoms with E-state index in [1.807, 2.05) is 24.4 Å². The molecule has 0 bridgehead atoms. The highest BCUT2D eigenvalue weighted by Gasteiger charge is 2.08. The van der Waals surface area contributed by atoms with E-state index in [0.717, 1.165) is 19.5 Å². The second-order valence-electron chi connectivity index (χ2n) is 3.75. The summed E-state index contributed by atoms with van der Waals surface area (Å²) in [5, 5.41) is 5.11. The summed E-state index contributed by atoms with van der Waals surface area (Å²) in [4.78, 5) is 1.21. The van der Waals surface area contributed by atoms with Crippen molar-refractivity contribution >= 4 is 21.4 Å². The topological polar surface area (TPSA) is 58.2 Å². The van der Waals surface area contributed by atoms with Crippen LogP contribution in [0.3, 0.4) is 0 Å². The van der Waals surface area contributed by atoms with Gasteiger partial charge >= 0.3 is 0 Å². The Kier molecular flexibility index (Phi) is 6.72. The Hall–Kier alpha value is -0.430. The summed E-state index contributed by atoms with van der Waals surface area (Å²) in [6.07, 6.45) is 1.42. The van der Waals surface area contributed by atoms with Crippen LogP contribution in [0, 0.1) is 0 Å². The Balaban J connectivity index is 2.16. The van der Waals surface area contributed by atoms with E-state index in [4.69, 9.17) is 0 Å². The Morgan fingerprint density at radius 3 is 2.82 bits per heavy atom. The standard InChI is InChI=1S/C11H20N2O2S2/c1-2-12-7-4-10-17(14,15)13-8-6-11-5-3-9-16-11/h3,5,9,12-13H,2,4,6-8,10H2,1H3. The number of hydrogen-bond donors (Lipinski definition) is 2. The first-order valence-electron chi connectivity index (χ1n) is 5.84. The van der Waals surface area contributed by atoms with Crippen LogP contribution in [0.2, 0.25) is 0 Å². The van der Waals surface area contributed by atoms with Crippen LogP contribution >= 0.6 is 11.3 Å². The van der Waals surface area contributed by atoms with Crippen LogP contribution in [0.25, 0.3) is 0 Å². The first-order chi connectivity index (χ1) is 8.14. The molecule has 0 amide bonds. The van der Waals surface area contributed by atoms with Crippen molar-refractivity contribution in [3.8, 4) is 0 Å². The molecule has 0 atom stereocenters. The van der Waals surface area contributed by atoms with Crippen LogP contribution in [-0.2, 0) is 16.4 Å². The van der Waals surface area contributed by atoms with Crippen molar-refractivity contribution in [1.82, 2.24) is 10.0 Å². The molecule has 4 nitrogen and oxygen atoms in total. The maximum Gasteiger partial charge on any atom is 0.211 e. The Morgan fingerprint density at radius 2 is 2.18 bits per heavy atom. The van der Waals surface area contributed by atoms with Gasteiger partial charge in [0.2, 0.25) is 10.0 Å². The molecule has 0 unspecified atom stereocenters. The van der Waals surface area contributed by atoms with E-state index in [9.17, 15) is 8.42 Å². The van der Waals surface area contributed by atoms with Crippen molar-refractivity contribution in [2.75, 3.05) is 25.4 Å². The Morgan fingerprint density at radius 1 is 1.35 bits per heavy atom. The lowest BCUT2D eigenvalue weighted by atomic mass is 10.3. The van der Waals surface area contributed by atoms with E-state index < -0.39 is 10.0 Å². The minimum atomic E-state index is -3.10. The van der Waals surface area contributed by atoms with Crippen LogP contribution in [0.4, 0.5) is 0 Å². The molecule has 1 aromatic heterocycles. The lowest BCUT2D eigenvalue weighted by Crippen LogP contribution is -2.29. The summed E-state index contributed by atoms with van der Waals surface area (Å²) >= 11 is 1.65. The fraction of sp³-hybridized carbons (Fsp3) is 0.636. The van der Waals surface area contributed by atoms with Gasteiger partial charge in [-0.2, -0.15) is 0 Å². The van der Waals surface area contributed by atoms with Gasteiger partial charge in [-0.3, -0.25) is 0 Å². The van der Waals surface area contributed by atoms with Gasteiger partial charge in [0.25, 0.3) is 0 Å². The molecular weight excluding hydrogens is 256 g/mol. The fourth-order valence-corrected chi connectivity index (χ4v) is 3.21. The summed E-state index contributed by atoms with van der Waals surface area (Å²) < 4.78 is 25.8. The first-order valence-corrected chi connectivity index (χ1v) is 8.37. The minimum Gasteiger partial charge on any atom is -0.317 e. The van der Waals surface area contributed by atoms with Crippen LogP contribution in [0.15, 0.2) is 17.5 Å². The zero-order valence-corrected chi connectivity index (χ0v) is 11.7. The molecule has 6 heteroatoms. The van der Waals surface area contributed by atoms with Crippen LogP contribution in [0.5, 0.6) is 0 Å². The maximum atomic E-state index is 11.6. The molecule has 1 heterocycles. The fourth-order valence-electron chi connectivity index (χ4n) is 1.42. The molecule has 2 N–H and O–H groups in total. The van der Waals surface area contributed by atoms with Crippen molar-refractivity contribution in [1.29, 1.82) is 0 Å². The van der Waals surface area contributed by atoms with Gasteiger partial charge in [0.1, 0.15) is 0 Å². The second kappa shape index (κ2) is 7.81. The molecule has 98 valence electrons. The normalized spacial score (nSPS) is 11.8. The number of sulfonamides is 1. The van der Waals surface area contributed by atoms with E-state index in [-0.39, 0.29) is 5.75 Å². The van der Waals surface area contributed by atoms with Gasteiger partial charge in [0.05, 0.1) is 5.75 Å². The zero-order valence-electron chi connectivity index (χ0n) is 10.1. The Bertz CT molecular complexity index is 388. The smallest absolute Gasteiger partial charge is 0.211 e. The number of nitrogens with one attached hydrogen (secondary N) is 2. The molecule has 17 heavy (non-hydrogen) atoms. The van der Waals surface area contributed by atoms with Gasteiger partial charge in [0.15, 0.2) is 0 Å². The maximum absolute atomic E-state index is 11.6. The molecule has 1 rings (SSSR count). The average Bonchev–Trinajstić information content (AvgIpc) is 2.77. The number of rotatable bonds is 9. The quantitative estimate of drug-likeness (QED) is 0.667. The van der Waals surface area contributed by atoms with Crippen molar-refractivity contribution in [2.24, 2.45) is 0 Å². The lowest BCUT2D eigenvalue weighted by molar-refractivity contribution is 0.576. The first kappa shape index (κ1) is 14.6. The third-order valence-corrected chi connectivity index (χ3v) is 4.70. The van der Waals surface area contributed by atoms with E-state index in [2.05, 4.69) is 10.0 Å². The third kappa shape index (κ3) is 6.78. The van der Waals surface area contributed by atoms with Gasteiger partial charge in [0, 0.05) is 11.4 Å². The zero-order chi connectivity index (χ0) is 12.6. The lowest BCUT2D eigenvalue weighted by Gasteiger charge is -2.06. The SMILES string of the molecule is CCNCCCS(=O)(=O)NCCc1cccs1. The predicted molar refractivity (Wildman–Crippen MR) is 73.0 cm³/mol. The van der Waals surface area contributed by atoms with Crippen molar-refractivity contribution in [2.45, 2.75) is 19.8 Å². The molecule has 0 saturated heterocycles. The highest BCUT2D eigenvalue weighted by molar-refractivity contribution is 7.89. The van der Waals surface area contributed by atoms with Gasteiger partial charge in [-0.1, -0.05) is 13.0 Å². The van der Waals surface area contributed by atoms with Gasteiger partial charge in [-0.25, -0.2) is 13.1 Å². The van der Waals surface area contributed by atoms with E-state index >= 15 is 0 Å². The van der Waals surface area contributed by atoms with Crippen molar-refractivity contribution < 1.29 is 8.42 Å². The van der Waals surface area contributed by atoms with Crippen LogP contribution in [-0.4, -0.2) is 33.8 Å². The molecule has 0 aromatic carbocycles. The molecule has 0 aliphatic carbocycles. The monoisotopic (exact) mass is 276 g/mol. The van der Waals surface area contributed by atoms with Gasteiger partial charge < -0.3 is 5.32 Å². The van der Waals surface area contributed by atoms with E-state index in [1.54, 1.807) is 11.3 Å². The summed E-state index contributed by atoms with van der Waals surface area (Å²) in [7, 11) is -3.10. The number of thiophene rings is 1. The van der Waals surface area contributed by atoms with Gasteiger partial charge in [-0.15, -0.1) is 11.3 Å². The van der Waals surface area contributed by atoms with E-state index in [1.165, 1.54) is 4.88 Å². The van der Waals surface area contributed by atoms with Crippen molar-refractivity contribution in [3.63, 3.8) is 0 Å². The molecule has 0 saturated carbocycles. The van der Waals surface area contributed by atoms with Crippen LogP contribution in [0.1, 0.15) is 18.2 Å². The molecular formula is C11H20N2O2S2. The number of hydrogen-bond acceptors (Lipinski definition) is 4. The molecule has 0 radical (unpaired) electrons. The summed E-state index contributed by atoms with van der Waals surface area (Å²) in [6.45, 7) is 4.13. The highest BCUT2D eigenvalue weighted by Crippen LogP contribution is 2.08. The second-order valence-corrected chi connectivity index (χ2v) is 6.71.